The first-order valence-corrected chi connectivity index (χ1v) is 20.3. The van der Waals surface area contributed by atoms with Crippen molar-refractivity contribution < 1.29 is 33.9 Å². The number of aromatic hydroxyl groups is 1. The second-order valence-corrected chi connectivity index (χ2v) is 15.0. The van der Waals surface area contributed by atoms with Gasteiger partial charge in [0.2, 0.25) is 35.4 Å². The van der Waals surface area contributed by atoms with Crippen molar-refractivity contribution >= 4 is 41.1 Å². The number of amides is 6. The van der Waals surface area contributed by atoms with E-state index < -0.39 is 35.8 Å². The van der Waals surface area contributed by atoms with Crippen molar-refractivity contribution in [1.29, 1.82) is 0 Å². The van der Waals surface area contributed by atoms with Crippen LogP contribution in [-0.4, -0.2) is 95.8 Å². The number of unbranched alkanes of at least 4 members (excludes halogenated alkanes) is 2. The van der Waals surface area contributed by atoms with Crippen molar-refractivity contribution in [2.45, 2.75) is 128 Å². The molecule has 1 aliphatic carbocycles. The van der Waals surface area contributed by atoms with Crippen LogP contribution in [0.4, 0.5) is 5.69 Å². The van der Waals surface area contributed by atoms with Crippen molar-refractivity contribution in [2.24, 2.45) is 11.5 Å². The fourth-order valence-corrected chi connectivity index (χ4v) is 7.14. The molecule has 314 valence electrons. The highest BCUT2D eigenvalue weighted by molar-refractivity contribution is 5.92. The van der Waals surface area contributed by atoms with E-state index in [1.807, 2.05) is 30.3 Å². The molecule has 57 heavy (non-hydrogen) atoms. The van der Waals surface area contributed by atoms with Crippen molar-refractivity contribution in [1.82, 2.24) is 26.2 Å². The van der Waals surface area contributed by atoms with Gasteiger partial charge in [-0.1, -0.05) is 31.2 Å². The normalized spacial score (nSPS) is 15.1. The minimum Gasteiger partial charge on any atom is -0.508 e. The van der Waals surface area contributed by atoms with Crippen LogP contribution in [0, 0.1) is 0 Å². The number of phenolic OH excluding ortho intramolecular Hbond substituents is 1. The molecular formula is C42H64N8O7. The number of hydrogen-bond acceptors (Lipinski definition) is 9. The number of carbonyl (C=O) groups is 6. The van der Waals surface area contributed by atoms with Gasteiger partial charge in [-0.05, 0) is 118 Å². The Labute approximate surface area is 336 Å². The van der Waals surface area contributed by atoms with Crippen molar-refractivity contribution in [3.05, 3.63) is 59.2 Å². The number of anilines is 1. The first kappa shape index (κ1) is 46.4. The van der Waals surface area contributed by atoms with E-state index in [0.29, 0.717) is 56.1 Å². The quantitative estimate of drug-likeness (QED) is 0.0688. The maximum atomic E-state index is 12.9. The molecule has 4 unspecified atom stereocenters. The zero-order valence-corrected chi connectivity index (χ0v) is 33.9. The Morgan fingerprint density at radius 1 is 0.825 bits per heavy atom. The molecule has 0 spiro atoms. The summed E-state index contributed by atoms with van der Waals surface area (Å²) in [5, 5.41) is 23.8. The largest absolute Gasteiger partial charge is 0.508 e. The van der Waals surface area contributed by atoms with Crippen LogP contribution in [0.5, 0.6) is 5.75 Å². The average Bonchev–Trinajstić information content (AvgIpc) is 3.17. The van der Waals surface area contributed by atoms with E-state index in [9.17, 15) is 33.9 Å². The third-order valence-corrected chi connectivity index (χ3v) is 10.3. The first-order valence-electron chi connectivity index (χ1n) is 20.3. The third kappa shape index (κ3) is 16.9. The summed E-state index contributed by atoms with van der Waals surface area (Å²) in [6.07, 6.45) is 7.72. The highest BCUT2D eigenvalue weighted by Crippen LogP contribution is 2.31. The van der Waals surface area contributed by atoms with E-state index in [-0.39, 0.29) is 43.5 Å². The maximum absolute atomic E-state index is 12.9. The number of hydrogen-bond donors (Lipinski definition) is 8. The fraction of sp³-hybridized carbons (Fsp3) is 0.571. The molecule has 0 aliphatic heterocycles. The van der Waals surface area contributed by atoms with Gasteiger partial charge in [0.15, 0.2) is 0 Å². The van der Waals surface area contributed by atoms with Gasteiger partial charge in [-0.15, -0.1) is 0 Å². The second-order valence-electron chi connectivity index (χ2n) is 15.0. The van der Waals surface area contributed by atoms with Crippen LogP contribution >= 0.6 is 0 Å². The Bertz CT molecular complexity index is 1640. The first-order chi connectivity index (χ1) is 27.3. The monoisotopic (exact) mass is 792 g/mol. The number of nitrogens with two attached hydrogens (primary N) is 2. The highest BCUT2D eigenvalue weighted by Gasteiger charge is 2.26. The van der Waals surface area contributed by atoms with Crippen molar-refractivity contribution in [3.63, 3.8) is 0 Å². The fourth-order valence-electron chi connectivity index (χ4n) is 7.14. The van der Waals surface area contributed by atoms with Gasteiger partial charge in [0.05, 0.1) is 6.04 Å². The molecule has 15 heteroatoms. The summed E-state index contributed by atoms with van der Waals surface area (Å²) in [5.74, 6) is -2.01. The van der Waals surface area contributed by atoms with Crippen LogP contribution in [0.15, 0.2) is 42.5 Å². The number of nitrogens with zero attached hydrogens (tertiary/aromatic N) is 1. The van der Waals surface area contributed by atoms with E-state index in [2.05, 4.69) is 44.5 Å². The second kappa shape index (κ2) is 24.6. The SMILES string of the molecule is CCCN(CCc1ccc(NC(=O)CCC(N)C(=O)NCCCCC(NC(=O)C(CCCCNC(C)=O)NC(C)=O)C(N)=O)cc1)C1CCc2c(O)cccc2C1. The number of carbonyl (C=O) groups excluding carboxylic acids is 6. The Morgan fingerprint density at radius 2 is 1.51 bits per heavy atom. The summed E-state index contributed by atoms with van der Waals surface area (Å²) in [4.78, 5) is 75.5. The number of benzene rings is 2. The van der Waals surface area contributed by atoms with Crippen LogP contribution in [0.1, 0.15) is 102 Å². The van der Waals surface area contributed by atoms with Crippen LogP contribution in [-0.2, 0) is 48.0 Å². The number of nitrogens with one attached hydrogen (secondary N) is 5. The van der Waals surface area contributed by atoms with E-state index >= 15 is 0 Å². The molecule has 6 amide bonds. The lowest BCUT2D eigenvalue weighted by molar-refractivity contribution is -0.131. The van der Waals surface area contributed by atoms with Gasteiger partial charge in [-0.25, -0.2) is 0 Å². The van der Waals surface area contributed by atoms with E-state index in [1.165, 1.54) is 25.0 Å². The summed E-state index contributed by atoms with van der Waals surface area (Å²) in [6.45, 7) is 7.58. The van der Waals surface area contributed by atoms with Crippen LogP contribution in [0.3, 0.4) is 0 Å². The summed E-state index contributed by atoms with van der Waals surface area (Å²) < 4.78 is 0. The Balaban J connectivity index is 1.33. The van der Waals surface area contributed by atoms with Gasteiger partial charge >= 0.3 is 0 Å². The van der Waals surface area contributed by atoms with Gasteiger partial charge in [0, 0.05) is 51.6 Å². The number of primary amides is 1. The molecule has 0 aromatic heterocycles. The Hall–Kier alpha value is -5.02. The molecule has 1 aliphatic rings. The summed E-state index contributed by atoms with van der Waals surface area (Å²) >= 11 is 0. The maximum Gasteiger partial charge on any atom is 0.243 e. The molecule has 4 atom stereocenters. The smallest absolute Gasteiger partial charge is 0.243 e. The lowest BCUT2D eigenvalue weighted by atomic mass is 9.86. The average molecular weight is 793 g/mol. The standard InChI is InChI=1S/C42H64N8O7/c1-4-25-50(33-18-19-34-31(27-33)10-9-13-38(34)53)26-22-30-14-16-32(17-15-30)48-39(54)21-20-35(43)41(56)46-24-8-5-11-36(40(44)55)49-42(57)37(47-29(3)52)12-6-7-23-45-28(2)51/h9-10,13-17,33,35-37,53H,4-8,11-12,18-27,43H2,1-3H3,(H2,44,55)(H,45,51)(H,46,56)(H,47,52)(H,48,54)(H,49,57). The Morgan fingerprint density at radius 3 is 2.16 bits per heavy atom. The molecule has 3 rings (SSSR count). The minimum atomic E-state index is -0.958. The molecule has 10 N–H and O–H groups in total. The van der Waals surface area contributed by atoms with Crippen molar-refractivity contribution in [3.8, 4) is 5.75 Å². The van der Waals surface area contributed by atoms with Crippen LogP contribution in [0.25, 0.3) is 0 Å². The minimum absolute atomic E-state index is 0.0688. The number of phenols is 1. The molecular weight excluding hydrogens is 729 g/mol. The predicted molar refractivity (Wildman–Crippen MR) is 220 cm³/mol. The van der Waals surface area contributed by atoms with Crippen LogP contribution < -0.4 is 38.1 Å². The number of rotatable bonds is 25. The molecule has 0 saturated carbocycles. The Kier molecular flexibility index (Phi) is 20.0. The predicted octanol–water partition coefficient (Wildman–Crippen LogP) is 2.32. The number of fused-ring (bicyclic) bond motifs is 1. The molecule has 0 fully saturated rings. The molecule has 0 saturated heterocycles. The van der Waals surface area contributed by atoms with E-state index in [0.717, 1.165) is 50.8 Å². The lowest BCUT2D eigenvalue weighted by Gasteiger charge is -2.35. The zero-order chi connectivity index (χ0) is 41.7. The van der Waals surface area contributed by atoms with Gasteiger partial charge in [-0.3, -0.25) is 33.7 Å². The summed E-state index contributed by atoms with van der Waals surface area (Å²) in [5.41, 5.74) is 15.8. The van der Waals surface area contributed by atoms with Gasteiger partial charge in [0.1, 0.15) is 17.8 Å². The molecule has 0 radical (unpaired) electrons. The van der Waals surface area contributed by atoms with Gasteiger partial charge < -0.3 is 43.2 Å². The van der Waals surface area contributed by atoms with E-state index in [4.69, 9.17) is 11.5 Å². The summed E-state index contributed by atoms with van der Waals surface area (Å²) in [6, 6.07) is 11.4. The van der Waals surface area contributed by atoms with Crippen LogP contribution in [0.2, 0.25) is 0 Å². The zero-order valence-electron chi connectivity index (χ0n) is 33.9. The molecule has 0 heterocycles. The topological polar surface area (TPSA) is 238 Å². The molecule has 15 nitrogen and oxygen atoms in total. The summed E-state index contributed by atoms with van der Waals surface area (Å²) in [7, 11) is 0. The highest BCUT2D eigenvalue weighted by atomic mass is 16.3. The van der Waals surface area contributed by atoms with Gasteiger partial charge in [-0.2, -0.15) is 0 Å². The third-order valence-electron chi connectivity index (χ3n) is 10.3. The van der Waals surface area contributed by atoms with Crippen molar-refractivity contribution in [2.75, 3.05) is 31.5 Å². The lowest BCUT2D eigenvalue weighted by Crippen LogP contribution is -2.52. The van der Waals surface area contributed by atoms with Gasteiger partial charge in [0.25, 0.3) is 0 Å². The molecule has 2 aromatic rings. The molecule has 2 aromatic carbocycles. The molecule has 0 bridgehead atoms. The van der Waals surface area contributed by atoms with E-state index in [1.54, 1.807) is 6.07 Å².